The first-order chi connectivity index (χ1) is 9.63. The molecule has 2 rings (SSSR count). The van der Waals surface area contributed by atoms with E-state index in [2.05, 4.69) is 0 Å². The average molecular weight is 277 g/mol. The highest BCUT2D eigenvalue weighted by Crippen LogP contribution is 2.29. The Balaban J connectivity index is 2.30. The molecule has 1 unspecified atom stereocenters. The predicted octanol–water partition coefficient (Wildman–Crippen LogP) is 3.26. The Hall–Kier alpha value is -1.94. The van der Waals surface area contributed by atoms with Crippen molar-refractivity contribution in [3.8, 4) is 5.75 Å². The van der Waals surface area contributed by atoms with Gasteiger partial charge in [0.05, 0.1) is 7.11 Å². The molecule has 2 nitrogen and oxygen atoms in total. The van der Waals surface area contributed by atoms with Crippen molar-refractivity contribution in [2.45, 2.75) is 12.3 Å². The maximum absolute atomic E-state index is 13.4. The van der Waals surface area contributed by atoms with Gasteiger partial charge >= 0.3 is 0 Å². The third kappa shape index (κ3) is 3.33. The third-order valence-electron chi connectivity index (χ3n) is 3.29. The Morgan fingerprint density at radius 1 is 1.10 bits per heavy atom. The second kappa shape index (κ2) is 6.48. The van der Waals surface area contributed by atoms with Crippen LogP contribution < -0.4 is 10.5 Å². The standard InChI is InChI=1S/C16H17F2NO/c1-20-16-6-5-14(18)9-15(16)12(10-19)7-11-3-2-4-13(17)8-11/h2-6,8-9,12H,7,10,19H2,1H3. The lowest BCUT2D eigenvalue weighted by Crippen LogP contribution is -2.16. The molecule has 20 heavy (non-hydrogen) atoms. The first kappa shape index (κ1) is 14.5. The molecule has 2 N–H and O–H groups in total. The molecule has 0 radical (unpaired) electrons. The molecule has 0 bridgehead atoms. The van der Waals surface area contributed by atoms with E-state index < -0.39 is 0 Å². The zero-order valence-corrected chi connectivity index (χ0v) is 11.3. The molecular formula is C16H17F2NO. The highest BCUT2D eigenvalue weighted by atomic mass is 19.1. The minimum Gasteiger partial charge on any atom is -0.496 e. The summed E-state index contributed by atoms with van der Waals surface area (Å²) >= 11 is 0. The van der Waals surface area contributed by atoms with Crippen molar-refractivity contribution < 1.29 is 13.5 Å². The summed E-state index contributed by atoms with van der Waals surface area (Å²) < 4.78 is 31.9. The lowest BCUT2D eigenvalue weighted by molar-refractivity contribution is 0.403. The Morgan fingerprint density at radius 2 is 1.85 bits per heavy atom. The van der Waals surface area contributed by atoms with Gasteiger partial charge in [-0.3, -0.25) is 0 Å². The maximum atomic E-state index is 13.4. The highest BCUT2D eigenvalue weighted by Gasteiger charge is 2.16. The molecule has 2 aromatic carbocycles. The van der Waals surface area contributed by atoms with Crippen LogP contribution in [0.15, 0.2) is 42.5 Å². The smallest absolute Gasteiger partial charge is 0.123 e. The van der Waals surface area contributed by atoms with E-state index in [0.717, 1.165) is 5.56 Å². The molecule has 1 atom stereocenters. The van der Waals surface area contributed by atoms with Crippen molar-refractivity contribution in [1.82, 2.24) is 0 Å². The van der Waals surface area contributed by atoms with Gasteiger partial charge in [-0.1, -0.05) is 12.1 Å². The van der Waals surface area contributed by atoms with Crippen molar-refractivity contribution in [3.63, 3.8) is 0 Å². The second-order valence-electron chi connectivity index (χ2n) is 4.65. The van der Waals surface area contributed by atoms with Crippen molar-refractivity contribution in [2.75, 3.05) is 13.7 Å². The monoisotopic (exact) mass is 277 g/mol. The summed E-state index contributed by atoms with van der Waals surface area (Å²) in [4.78, 5) is 0. The van der Waals surface area contributed by atoms with Crippen LogP contribution in [-0.2, 0) is 6.42 Å². The van der Waals surface area contributed by atoms with E-state index in [1.807, 2.05) is 6.07 Å². The Kier molecular flexibility index (Phi) is 4.69. The van der Waals surface area contributed by atoms with Crippen molar-refractivity contribution in [2.24, 2.45) is 5.73 Å². The number of rotatable bonds is 5. The molecule has 4 heteroatoms. The van der Waals surface area contributed by atoms with Crippen molar-refractivity contribution >= 4 is 0 Å². The van der Waals surface area contributed by atoms with E-state index in [0.29, 0.717) is 24.3 Å². The largest absolute Gasteiger partial charge is 0.496 e. The SMILES string of the molecule is COc1ccc(F)cc1C(CN)Cc1cccc(F)c1. The lowest BCUT2D eigenvalue weighted by Gasteiger charge is -2.18. The van der Waals surface area contributed by atoms with Gasteiger partial charge in [0.2, 0.25) is 0 Å². The van der Waals surface area contributed by atoms with E-state index in [1.54, 1.807) is 12.1 Å². The fourth-order valence-electron chi connectivity index (χ4n) is 2.29. The van der Waals surface area contributed by atoms with Crippen LogP contribution in [0, 0.1) is 11.6 Å². The van der Waals surface area contributed by atoms with E-state index in [4.69, 9.17) is 10.5 Å². The van der Waals surface area contributed by atoms with Gasteiger partial charge < -0.3 is 10.5 Å². The first-order valence-electron chi connectivity index (χ1n) is 6.42. The minimum absolute atomic E-state index is 0.123. The molecular weight excluding hydrogens is 260 g/mol. The Labute approximate surface area is 117 Å². The van der Waals surface area contributed by atoms with Gasteiger partial charge in [0, 0.05) is 11.5 Å². The molecule has 2 aromatic rings. The van der Waals surface area contributed by atoms with Crippen LogP contribution in [0.5, 0.6) is 5.75 Å². The summed E-state index contributed by atoms with van der Waals surface area (Å²) in [6.45, 7) is 0.330. The molecule has 0 aliphatic carbocycles. The van der Waals surface area contributed by atoms with Gasteiger partial charge in [-0.15, -0.1) is 0 Å². The summed E-state index contributed by atoms with van der Waals surface area (Å²) in [6.07, 6.45) is 0.536. The molecule has 0 amide bonds. The topological polar surface area (TPSA) is 35.2 Å². The van der Waals surface area contributed by atoms with Crippen molar-refractivity contribution in [3.05, 3.63) is 65.2 Å². The van der Waals surface area contributed by atoms with Crippen LogP contribution >= 0.6 is 0 Å². The first-order valence-corrected chi connectivity index (χ1v) is 6.42. The van der Waals surface area contributed by atoms with E-state index in [9.17, 15) is 8.78 Å². The van der Waals surface area contributed by atoms with E-state index in [1.165, 1.54) is 31.4 Å². The Morgan fingerprint density at radius 3 is 2.50 bits per heavy atom. The molecule has 0 aliphatic heterocycles. The summed E-state index contributed by atoms with van der Waals surface area (Å²) in [5.41, 5.74) is 7.33. The second-order valence-corrected chi connectivity index (χ2v) is 4.65. The fourth-order valence-corrected chi connectivity index (χ4v) is 2.29. The minimum atomic E-state index is -0.335. The van der Waals surface area contributed by atoms with E-state index in [-0.39, 0.29) is 17.6 Å². The summed E-state index contributed by atoms with van der Waals surface area (Å²) in [7, 11) is 1.53. The quantitative estimate of drug-likeness (QED) is 0.910. The molecule has 0 heterocycles. The molecule has 0 spiro atoms. The normalized spacial score (nSPS) is 12.2. The summed E-state index contributed by atoms with van der Waals surface area (Å²) in [6, 6.07) is 10.7. The van der Waals surface area contributed by atoms with Crippen LogP contribution in [-0.4, -0.2) is 13.7 Å². The van der Waals surface area contributed by atoms with Crippen LogP contribution in [0.1, 0.15) is 17.0 Å². The van der Waals surface area contributed by atoms with Crippen LogP contribution in [0.2, 0.25) is 0 Å². The molecule has 0 fully saturated rings. The number of halogens is 2. The van der Waals surface area contributed by atoms with Crippen LogP contribution in [0.4, 0.5) is 8.78 Å². The van der Waals surface area contributed by atoms with Gasteiger partial charge in [0.1, 0.15) is 17.4 Å². The van der Waals surface area contributed by atoms with Crippen molar-refractivity contribution in [1.29, 1.82) is 0 Å². The number of hydrogen-bond acceptors (Lipinski definition) is 2. The van der Waals surface area contributed by atoms with E-state index >= 15 is 0 Å². The molecule has 0 saturated heterocycles. The number of nitrogens with two attached hydrogens (primary N) is 1. The molecule has 0 aromatic heterocycles. The van der Waals surface area contributed by atoms with Gasteiger partial charge in [0.25, 0.3) is 0 Å². The summed E-state index contributed by atoms with van der Waals surface area (Å²) in [5, 5.41) is 0. The molecule has 0 aliphatic rings. The number of methoxy groups -OCH3 is 1. The third-order valence-corrected chi connectivity index (χ3v) is 3.29. The molecule has 106 valence electrons. The predicted molar refractivity (Wildman–Crippen MR) is 74.9 cm³/mol. The highest BCUT2D eigenvalue weighted by molar-refractivity contribution is 5.38. The van der Waals surface area contributed by atoms with Gasteiger partial charge in [-0.2, -0.15) is 0 Å². The van der Waals surface area contributed by atoms with Crippen LogP contribution in [0.25, 0.3) is 0 Å². The lowest BCUT2D eigenvalue weighted by atomic mass is 9.91. The average Bonchev–Trinajstić information content (AvgIpc) is 2.45. The maximum Gasteiger partial charge on any atom is 0.123 e. The summed E-state index contributed by atoms with van der Waals surface area (Å²) in [5.74, 6) is -0.149. The van der Waals surface area contributed by atoms with Gasteiger partial charge in [0.15, 0.2) is 0 Å². The van der Waals surface area contributed by atoms with Gasteiger partial charge in [-0.25, -0.2) is 8.78 Å². The number of ether oxygens (including phenoxy) is 1. The number of benzene rings is 2. The zero-order chi connectivity index (χ0) is 14.5. The number of hydrogen-bond donors (Lipinski definition) is 1. The van der Waals surface area contributed by atoms with Crippen LogP contribution in [0.3, 0.4) is 0 Å². The van der Waals surface area contributed by atoms with Gasteiger partial charge in [-0.05, 0) is 48.9 Å². The zero-order valence-electron chi connectivity index (χ0n) is 11.3. The Bertz CT molecular complexity index is 586. The molecule has 0 saturated carbocycles. The fraction of sp³-hybridized carbons (Fsp3) is 0.250.